The van der Waals surface area contributed by atoms with E-state index in [1.165, 1.54) is 6.08 Å². The number of carboxylic acid groups (broad SMARTS) is 1. The van der Waals surface area contributed by atoms with E-state index in [9.17, 15) is 9.59 Å². The summed E-state index contributed by atoms with van der Waals surface area (Å²) in [6.45, 7) is 0. The molecule has 1 aliphatic carbocycles. The van der Waals surface area contributed by atoms with Crippen molar-refractivity contribution in [1.82, 2.24) is 0 Å². The Morgan fingerprint density at radius 1 is 1.55 bits per heavy atom. The van der Waals surface area contributed by atoms with Crippen molar-refractivity contribution in [2.75, 3.05) is 0 Å². The Morgan fingerprint density at radius 3 is 2.36 bits per heavy atom. The molecule has 0 radical (unpaired) electrons. The molecule has 1 rings (SSSR count). The van der Waals surface area contributed by atoms with Crippen molar-refractivity contribution in [3.8, 4) is 0 Å². The summed E-state index contributed by atoms with van der Waals surface area (Å²) in [6, 6.07) is 0. The van der Waals surface area contributed by atoms with Gasteiger partial charge in [-0.2, -0.15) is 0 Å². The molecule has 0 aromatic rings. The van der Waals surface area contributed by atoms with E-state index in [4.69, 9.17) is 10.8 Å². The van der Waals surface area contributed by atoms with Crippen molar-refractivity contribution in [2.45, 2.75) is 12.8 Å². The smallest absolute Gasteiger partial charge is 0.323 e. The highest BCUT2D eigenvalue weighted by Gasteiger charge is 2.43. The van der Waals surface area contributed by atoms with Crippen LogP contribution in [-0.4, -0.2) is 17.0 Å². The first-order valence-electron chi connectivity index (χ1n) is 3.30. The zero-order valence-corrected chi connectivity index (χ0v) is 5.91. The maximum atomic E-state index is 10.8. The van der Waals surface area contributed by atoms with Gasteiger partial charge in [0.1, 0.15) is 0 Å². The third kappa shape index (κ3) is 1.00. The standard InChI is InChI=1S/C7H9NO3/c8-5(9)7(6(10)11)3-1-2-4-7/h1,3H,2,4H2,(H2,8,9)(H,10,11). The van der Waals surface area contributed by atoms with Crippen molar-refractivity contribution < 1.29 is 14.7 Å². The van der Waals surface area contributed by atoms with Gasteiger partial charge in [-0.05, 0) is 12.8 Å². The molecule has 11 heavy (non-hydrogen) atoms. The number of carboxylic acids is 1. The summed E-state index contributed by atoms with van der Waals surface area (Å²) in [4.78, 5) is 21.4. The Balaban J connectivity index is 2.98. The number of hydrogen-bond donors (Lipinski definition) is 2. The Morgan fingerprint density at radius 2 is 2.18 bits per heavy atom. The van der Waals surface area contributed by atoms with E-state index in [-0.39, 0.29) is 6.42 Å². The number of carbonyl (C=O) groups is 2. The van der Waals surface area contributed by atoms with E-state index in [0.717, 1.165) is 0 Å². The molecular weight excluding hydrogens is 146 g/mol. The van der Waals surface area contributed by atoms with E-state index < -0.39 is 17.3 Å². The molecule has 0 saturated carbocycles. The van der Waals surface area contributed by atoms with Crippen molar-refractivity contribution in [3.63, 3.8) is 0 Å². The second-order valence-electron chi connectivity index (χ2n) is 2.58. The minimum Gasteiger partial charge on any atom is -0.480 e. The summed E-state index contributed by atoms with van der Waals surface area (Å²) in [5.74, 6) is -1.93. The Labute approximate surface area is 63.7 Å². The van der Waals surface area contributed by atoms with Crippen LogP contribution in [-0.2, 0) is 9.59 Å². The van der Waals surface area contributed by atoms with Crippen LogP contribution in [0.5, 0.6) is 0 Å². The van der Waals surface area contributed by atoms with Crippen molar-refractivity contribution in [2.24, 2.45) is 11.1 Å². The molecule has 1 aliphatic rings. The van der Waals surface area contributed by atoms with Crippen molar-refractivity contribution >= 4 is 11.9 Å². The molecule has 60 valence electrons. The average Bonchev–Trinajstić information content (AvgIpc) is 2.34. The molecule has 1 unspecified atom stereocenters. The van der Waals surface area contributed by atoms with E-state index in [1.807, 2.05) is 0 Å². The van der Waals surface area contributed by atoms with Gasteiger partial charge in [-0.25, -0.2) is 0 Å². The lowest BCUT2D eigenvalue weighted by molar-refractivity contribution is -0.151. The summed E-state index contributed by atoms with van der Waals surface area (Å²) in [6.07, 6.45) is 3.93. The predicted molar refractivity (Wildman–Crippen MR) is 37.6 cm³/mol. The first-order valence-corrected chi connectivity index (χ1v) is 3.30. The first kappa shape index (κ1) is 7.78. The number of primary amides is 1. The maximum Gasteiger partial charge on any atom is 0.323 e. The molecule has 4 heteroatoms. The van der Waals surface area contributed by atoms with Gasteiger partial charge in [-0.15, -0.1) is 0 Å². The number of allylic oxidation sites excluding steroid dienone is 1. The van der Waals surface area contributed by atoms with Gasteiger partial charge in [0.15, 0.2) is 5.41 Å². The molecule has 0 aromatic heterocycles. The summed E-state index contributed by atoms with van der Waals surface area (Å²) < 4.78 is 0. The summed E-state index contributed by atoms with van der Waals surface area (Å²) in [5.41, 5.74) is 3.53. The van der Waals surface area contributed by atoms with Gasteiger partial charge >= 0.3 is 5.97 Å². The molecule has 0 spiro atoms. The zero-order chi connectivity index (χ0) is 8.48. The molecule has 0 aliphatic heterocycles. The molecule has 0 fully saturated rings. The monoisotopic (exact) mass is 155 g/mol. The van der Waals surface area contributed by atoms with Crippen LogP contribution < -0.4 is 5.73 Å². The third-order valence-corrected chi connectivity index (χ3v) is 1.93. The Bertz CT molecular complexity index is 218. The molecule has 3 N–H and O–H groups in total. The van der Waals surface area contributed by atoms with Gasteiger partial charge < -0.3 is 10.8 Å². The van der Waals surface area contributed by atoms with Gasteiger partial charge in [0.25, 0.3) is 0 Å². The molecule has 1 amide bonds. The molecule has 1 atom stereocenters. The third-order valence-electron chi connectivity index (χ3n) is 1.93. The second-order valence-corrected chi connectivity index (χ2v) is 2.58. The van der Waals surface area contributed by atoms with Crippen LogP contribution in [0.25, 0.3) is 0 Å². The number of hydrogen-bond acceptors (Lipinski definition) is 2. The minimum atomic E-state index is -1.43. The molecule has 0 saturated heterocycles. The molecule has 0 aromatic carbocycles. The van der Waals surface area contributed by atoms with Gasteiger partial charge in [0.05, 0.1) is 0 Å². The van der Waals surface area contributed by atoms with Gasteiger partial charge in [0, 0.05) is 0 Å². The Kier molecular flexibility index (Phi) is 1.68. The SMILES string of the molecule is NC(=O)C1(C(=O)O)C=CCC1. The minimum absolute atomic E-state index is 0.289. The van der Waals surface area contributed by atoms with Crippen molar-refractivity contribution in [1.29, 1.82) is 0 Å². The fraction of sp³-hybridized carbons (Fsp3) is 0.429. The second kappa shape index (κ2) is 2.38. The maximum absolute atomic E-state index is 10.8. The summed E-state index contributed by atoms with van der Waals surface area (Å²) >= 11 is 0. The summed E-state index contributed by atoms with van der Waals surface area (Å²) in [7, 11) is 0. The lowest BCUT2D eigenvalue weighted by atomic mass is 9.87. The molecule has 0 heterocycles. The van der Waals surface area contributed by atoms with E-state index >= 15 is 0 Å². The topological polar surface area (TPSA) is 80.4 Å². The van der Waals surface area contributed by atoms with E-state index in [1.54, 1.807) is 6.08 Å². The molecule has 4 nitrogen and oxygen atoms in total. The number of rotatable bonds is 2. The zero-order valence-electron chi connectivity index (χ0n) is 5.91. The van der Waals surface area contributed by atoms with Crippen molar-refractivity contribution in [3.05, 3.63) is 12.2 Å². The highest BCUT2D eigenvalue weighted by molar-refractivity contribution is 6.03. The normalized spacial score (nSPS) is 28.7. The van der Waals surface area contributed by atoms with Crippen LogP contribution in [0.15, 0.2) is 12.2 Å². The number of nitrogens with two attached hydrogens (primary N) is 1. The van der Waals surface area contributed by atoms with Crippen LogP contribution in [0, 0.1) is 5.41 Å². The van der Waals surface area contributed by atoms with Gasteiger partial charge in [-0.3, -0.25) is 9.59 Å². The first-order chi connectivity index (χ1) is 5.09. The largest absolute Gasteiger partial charge is 0.480 e. The van der Waals surface area contributed by atoms with E-state index in [0.29, 0.717) is 6.42 Å². The van der Waals surface area contributed by atoms with Crippen LogP contribution in [0.4, 0.5) is 0 Å². The predicted octanol–water partition coefficient (Wildman–Crippen LogP) is -0.107. The lowest BCUT2D eigenvalue weighted by Gasteiger charge is -2.16. The highest BCUT2D eigenvalue weighted by atomic mass is 16.4. The average molecular weight is 155 g/mol. The van der Waals surface area contributed by atoms with Gasteiger partial charge in [-0.1, -0.05) is 12.2 Å². The number of carbonyl (C=O) groups excluding carboxylic acids is 1. The summed E-state index contributed by atoms with van der Waals surface area (Å²) in [5, 5.41) is 8.68. The van der Waals surface area contributed by atoms with Crippen LogP contribution in [0.1, 0.15) is 12.8 Å². The van der Waals surface area contributed by atoms with Crippen LogP contribution in [0.3, 0.4) is 0 Å². The fourth-order valence-corrected chi connectivity index (χ4v) is 1.17. The van der Waals surface area contributed by atoms with Gasteiger partial charge in [0.2, 0.25) is 5.91 Å². The number of amides is 1. The quantitative estimate of drug-likeness (QED) is 0.431. The van der Waals surface area contributed by atoms with Crippen LogP contribution >= 0.6 is 0 Å². The van der Waals surface area contributed by atoms with Crippen LogP contribution in [0.2, 0.25) is 0 Å². The lowest BCUT2D eigenvalue weighted by Crippen LogP contribution is -2.40. The molecule has 0 bridgehead atoms. The Hall–Kier alpha value is -1.32. The molecular formula is C7H9NO3. The highest BCUT2D eigenvalue weighted by Crippen LogP contribution is 2.31. The number of aliphatic carboxylic acids is 1. The van der Waals surface area contributed by atoms with E-state index in [2.05, 4.69) is 0 Å². The fourth-order valence-electron chi connectivity index (χ4n) is 1.17.